The van der Waals surface area contributed by atoms with E-state index >= 15 is 0 Å². The Hall–Kier alpha value is -2.64. The Labute approximate surface area is 164 Å². The number of ether oxygens (including phenoxy) is 2. The van der Waals surface area contributed by atoms with Crippen LogP contribution in [0.25, 0.3) is 0 Å². The van der Waals surface area contributed by atoms with Gasteiger partial charge in [0.15, 0.2) is 5.69 Å². The lowest BCUT2D eigenvalue weighted by Gasteiger charge is -2.33. The van der Waals surface area contributed by atoms with Crippen LogP contribution in [0, 0.1) is 0 Å². The molecule has 0 atom stereocenters. The summed E-state index contributed by atoms with van der Waals surface area (Å²) in [6.07, 6.45) is 1.24. The minimum atomic E-state index is -0.743. The highest BCUT2D eigenvalue weighted by atomic mass is 16.6. The van der Waals surface area contributed by atoms with Crippen molar-refractivity contribution in [2.24, 2.45) is 0 Å². The van der Waals surface area contributed by atoms with Gasteiger partial charge < -0.3 is 14.4 Å². The van der Waals surface area contributed by atoms with Crippen molar-refractivity contribution in [2.75, 3.05) is 18.6 Å². The van der Waals surface area contributed by atoms with Gasteiger partial charge in [-0.25, -0.2) is 19.5 Å². The maximum Gasteiger partial charge on any atom is 0.417 e. The minimum Gasteiger partial charge on any atom is -0.464 e. The molecule has 3 rings (SSSR count). The number of aromatic nitrogens is 1. The zero-order valence-electron chi connectivity index (χ0n) is 17.3. The molecule has 0 saturated carbocycles. The van der Waals surface area contributed by atoms with Crippen molar-refractivity contribution in [3.8, 4) is 0 Å². The van der Waals surface area contributed by atoms with Crippen LogP contribution in [0.15, 0.2) is 6.07 Å². The zero-order valence-corrected chi connectivity index (χ0v) is 17.3. The molecule has 0 N–H and O–H groups in total. The first-order chi connectivity index (χ1) is 12.9. The van der Waals surface area contributed by atoms with E-state index < -0.39 is 23.6 Å². The summed E-state index contributed by atoms with van der Waals surface area (Å²) in [4.78, 5) is 45.4. The molecular weight excluding hydrogens is 362 g/mol. The Morgan fingerprint density at radius 1 is 1.25 bits per heavy atom. The zero-order chi connectivity index (χ0) is 20.9. The number of imide groups is 1. The first-order valence-electron chi connectivity index (χ1n) is 9.39. The first-order valence-corrected chi connectivity index (χ1v) is 9.39. The third-order valence-corrected chi connectivity index (χ3v) is 5.07. The van der Waals surface area contributed by atoms with Crippen LogP contribution in [0.1, 0.15) is 73.9 Å². The van der Waals surface area contributed by atoms with Crippen molar-refractivity contribution >= 4 is 23.8 Å². The van der Waals surface area contributed by atoms with Crippen molar-refractivity contribution in [3.63, 3.8) is 0 Å². The van der Waals surface area contributed by atoms with Gasteiger partial charge in [-0.3, -0.25) is 4.79 Å². The van der Waals surface area contributed by atoms with Crippen LogP contribution in [0.3, 0.4) is 0 Å². The van der Waals surface area contributed by atoms with E-state index in [0.29, 0.717) is 16.9 Å². The van der Waals surface area contributed by atoms with Crippen LogP contribution in [0.5, 0.6) is 0 Å². The standard InChI is InChI=1S/C20H27N3O5/c1-19(2,3)28-18(26)22-11-13-12(16(22)24)10-14(21-15(13)17(25)27-6)23-9-7-8-20(23,4)5/h10H,7-9,11H2,1-6H3. The number of hydrogen-bond acceptors (Lipinski definition) is 7. The number of carbonyl (C=O) groups excluding carboxylic acids is 3. The highest BCUT2D eigenvalue weighted by Gasteiger charge is 2.41. The molecule has 2 aliphatic rings. The predicted molar refractivity (Wildman–Crippen MR) is 102 cm³/mol. The molecule has 28 heavy (non-hydrogen) atoms. The van der Waals surface area contributed by atoms with Gasteiger partial charge in [-0.15, -0.1) is 0 Å². The lowest BCUT2D eigenvalue weighted by molar-refractivity contribution is 0.0246. The number of pyridine rings is 1. The quantitative estimate of drug-likeness (QED) is 0.718. The van der Waals surface area contributed by atoms with Gasteiger partial charge >= 0.3 is 12.1 Å². The second-order valence-corrected chi connectivity index (χ2v) is 8.79. The average Bonchev–Trinajstić information content (AvgIpc) is 3.11. The van der Waals surface area contributed by atoms with Crippen LogP contribution in [-0.2, 0) is 16.0 Å². The van der Waals surface area contributed by atoms with Gasteiger partial charge in [-0.05, 0) is 53.5 Å². The van der Waals surface area contributed by atoms with Crippen molar-refractivity contribution in [3.05, 3.63) is 22.9 Å². The molecule has 0 radical (unpaired) electrons. The van der Waals surface area contributed by atoms with Gasteiger partial charge in [-0.1, -0.05) is 0 Å². The van der Waals surface area contributed by atoms with Crippen LogP contribution in [0.2, 0.25) is 0 Å². The molecule has 2 aliphatic heterocycles. The monoisotopic (exact) mass is 389 g/mol. The van der Waals surface area contributed by atoms with E-state index in [2.05, 4.69) is 23.7 Å². The second-order valence-electron chi connectivity index (χ2n) is 8.79. The number of fused-ring (bicyclic) bond motifs is 1. The van der Waals surface area contributed by atoms with Crippen molar-refractivity contribution in [1.29, 1.82) is 0 Å². The topological polar surface area (TPSA) is 89.0 Å². The Bertz CT molecular complexity index is 841. The van der Waals surface area contributed by atoms with Crippen LogP contribution in [0.4, 0.5) is 10.6 Å². The maximum absolute atomic E-state index is 12.9. The highest BCUT2D eigenvalue weighted by Crippen LogP contribution is 2.36. The normalized spacial score (nSPS) is 18.3. The number of anilines is 1. The summed E-state index contributed by atoms with van der Waals surface area (Å²) in [5, 5.41) is 0. The molecule has 0 aromatic carbocycles. The Kier molecular flexibility index (Phi) is 4.85. The summed E-state index contributed by atoms with van der Waals surface area (Å²) in [7, 11) is 1.27. The van der Waals surface area contributed by atoms with Gasteiger partial charge in [0.2, 0.25) is 0 Å². The van der Waals surface area contributed by atoms with Crippen LogP contribution >= 0.6 is 0 Å². The van der Waals surface area contributed by atoms with E-state index in [1.54, 1.807) is 26.8 Å². The molecule has 0 aliphatic carbocycles. The third kappa shape index (κ3) is 3.55. The van der Waals surface area contributed by atoms with E-state index in [4.69, 9.17) is 9.47 Å². The number of esters is 1. The molecule has 0 unspecified atom stereocenters. The molecule has 3 heterocycles. The largest absolute Gasteiger partial charge is 0.464 e. The Morgan fingerprint density at radius 2 is 1.93 bits per heavy atom. The van der Waals surface area contributed by atoms with Gasteiger partial charge in [0, 0.05) is 17.6 Å². The summed E-state index contributed by atoms with van der Waals surface area (Å²) in [6, 6.07) is 1.67. The average molecular weight is 389 g/mol. The van der Waals surface area contributed by atoms with E-state index in [0.717, 1.165) is 24.3 Å². The summed E-state index contributed by atoms with van der Waals surface area (Å²) >= 11 is 0. The smallest absolute Gasteiger partial charge is 0.417 e. The first kappa shape index (κ1) is 20.1. The molecule has 1 fully saturated rings. The van der Waals surface area contributed by atoms with Crippen molar-refractivity contribution in [1.82, 2.24) is 9.88 Å². The fourth-order valence-corrected chi connectivity index (χ4v) is 3.68. The lowest BCUT2D eigenvalue weighted by atomic mass is 10.0. The molecule has 1 saturated heterocycles. The molecular formula is C20H27N3O5. The molecule has 1 aromatic heterocycles. The van der Waals surface area contributed by atoms with Gasteiger partial charge in [-0.2, -0.15) is 0 Å². The van der Waals surface area contributed by atoms with E-state index in [-0.39, 0.29) is 17.8 Å². The maximum atomic E-state index is 12.9. The summed E-state index contributed by atoms with van der Waals surface area (Å²) < 4.78 is 10.2. The van der Waals surface area contributed by atoms with Crippen LogP contribution in [-0.4, -0.2) is 52.6 Å². The van der Waals surface area contributed by atoms with Gasteiger partial charge in [0.25, 0.3) is 5.91 Å². The third-order valence-electron chi connectivity index (χ3n) is 5.07. The number of amides is 2. The molecule has 0 spiro atoms. The number of rotatable bonds is 2. The lowest BCUT2D eigenvalue weighted by Crippen LogP contribution is -2.39. The molecule has 0 bridgehead atoms. The predicted octanol–water partition coefficient (Wildman–Crippen LogP) is 3.14. The van der Waals surface area contributed by atoms with Gasteiger partial charge in [0.1, 0.15) is 11.4 Å². The number of methoxy groups -OCH3 is 1. The molecule has 8 heteroatoms. The summed E-state index contributed by atoms with van der Waals surface area (Å²) in [5.41, 5.74) is -0.124. The van der Waals surface area contributed by atoms with E-state index in [9.17, 15) is 14.4 Å². The van der Waals surface area contributed by atoms with E-state index in [1.807, 2.05) is 0 Å². The van der Waals surface area contributed by atoms with Crippen molar-refractivity contribution in [2.45, 2.75) is 65.1 Å². The number of carbonyl (C=O) groups is 3. The molecule has 152 valence electrons. The minimum absolute atomic E-state index is 0.0653. The van der Waals surface area contributed by atoms with Crippen molar-refractivity contribution < 1.29 is 23.9 Å². The summed E-state index contributed by atoms with van der Waals surface area (Å²) in [5.74, 6) is -0.579. The van der Waals surface area contributed by atoms with Crippen LogP contribution < -0.4 is 4.90 Å². The highest BCUT2D eigenvalue weighted by molar-refractivity contribution is 6.09. The molecule has 1 aromatic rings. The fraction of sp³-hybridized carbons (Fsp3) is 0.600. The fourth-order valence-electron chi connectivity index (χ4n) is 3.68. The Balaban J connectivity index is 2.04. The summed E-state index contributed by atoms with van der Waals surface area (Å²) in [6.45, 7) is 10.1. The Morgan fingerprint density at radius 3 is 2.46 bits per heavy atom. The number of hydrogen-bond donors (Lipinski definition) is 0. The molecule has 2 amide bonds. The second kappa shape index (κ2) is 6.76. The van der Waals surface area contributed by atoms with E-state index in [1.165, 1.54) is 7.11 Å². The van der Waals surface area contributed by atoms with Gasteiger partial charge in [0.05, 0.1) is 19.2 Å². The number of nitrogens with zero attached hydrogens (tertiary/aromatic N) is 3. The molecule has 8 nitrogen and oxygen atoms in total. The SMILES string of the molecule is COC(=O)c1nc(N2CCCC2(C)C)cc2c1CN(C(=O)OC(C)(C)C)C2=O.